The Morgan fingerprint density at radius 2 is 2.16 bits per heavy atom. The molecule has 0 bridgehead atoms. The van der Waals surface area contributed by atoms with E-state index in [4.69, 9.17) is 10.3 Å². The molecule has 0 aromatic carbocycles. The number of hydrogen-bond donors (Lipinski definition) is 1. The Kier molecular flexibility index (Phi) is 6.17. The lowest BCUT2D eigenvalue weighted by Crippen LogP contribution is -2.10. The van der Waals surface area contributed by atoms with Crippen LogP contribution in [0.3, 0.4) is 0 Å². The number of thioether (sulfide) groups is 1. The van der Waals surface area contributed by atoms with Gasteiger partial charge in [0.15, 0.2) is 5.82 Å². The molecule has 1 aromatic heterocycles. The van der Waals surface area contributed by atoms with Crippen LogP contribution in [0.5, 0.6) is 0 Å². The molecule has 4 nitrogen and oxygen atoms in total. The number of unbranched alkanes of at least 4 members (excludes halogenated alkanes) is 1. The molecule has 1 fully saturated rings. The lowest BCUT2D eigenvalue weighted by atomic mass is 10.0. The van der Waals surface area contributed by atoms with E-state index >= 15 is 0 Å². The van der Waals surface area contributed by atoms with E-state index in [1.165, 1.54) is 32.1 Å². The van der Waals surface area contributed by atoms with Gasteiger partial charge in [-0.1, -0.05) is 44.2 Å². The van der Waals surface area contributed by atoms with Crippen molar-refractivity contribution < 1.29 is 4.52 Å². The van der Waals surface area contributed by atoms with E-state index in [9.17, 15) is 0 Å². The molecule has 5 heteroatoms. The van der Waals surface area contributed by atoms with Crippen LogP contribution in [0.2, 0.25) is 0 Å². The average Bonchev–Trinajstić information content (AvgIpc) is 2.92. The predicted molar refractivity (Wildman–Crippen MR) is 78.9 cm³/mol. The molecule has 0 aliphatic heterocycles. The Hall–Kier alpha value is -0.550. The summed E-state index contributed by atoms with van der Waals surface area (Å²) in [5.41, 5.74) is 6.03. The number of rotatable bonds is 7. The molecule has 19 heavy (non-hydrogen) atoms. The summed E-state index contributed by atoms with van der Waals surface area (Å²) in [6.07, 6.45) is 10.00. The molecular formula is C14H25N3OS. The third-order valence-corrected chi connectivity index (χ3v) is 5.04. The molecule has 1 aliphatic carbocycles. The van der Waals surface area contributed by atoms with E-state index in [-0.39, 0.29) is 6.04 Å². The first-order valence-corrected chi connectivity index (χ1v) is 8.54. The van der Waals surface area contributed by atoms with Gasteiger partial charge in [0.1, 0.15) is 0 Å². The highest BCUT2D eigenvalue weighted by molar-refractivity contribution is 7.99. The second-order valence-electron chi connectivity index (χ2n) is 5.37. The maximum atomic E-state index is 6.03. The van der Waals surface area contributed by atoms with Gasteiger partial charge < -0.3 is 10.3 Å². The highest BCUT2D eigenvalue weighted by Crippen LogP contribution is 2.30. The van der Waals surface area contributed by atoms with Gasteiger partial charge in [-0.05, 0) is 19.3 Å². The van der Waals surface area contributed by atoms with Crippen LogP contribution < -0.4 is 5.73 Å². The molecule has 1 heterocycles. The lowest BCUT2D eigenvalue weighted by Gasteiger charge is -2.19. The van der Waals surface area contributed by atoms with Gasteiger partial charge in [0.2, 0.25) is 5.89 Å². The van der Waals surface area contributed by atoms with Crippen LogP contribution in [0.15, 0.2) is 4.52 Å². The smallest absolute Gasteiger partial charge is 0.243 e. The number of aromatic nitrogens is 2. The molecule has 0 amide bonds. The Morgan fingerprint density at radius 1 is 1.37 bits per heavy atom. The third kappa shape index (κ3) is 4.80. The molecule has 1 aliphatic rings. The van der Waals surface area contributed by atoms with Crippen LogP contribution in [0.4, 0.5) is 0 Å². The Bertz CT molecular complexity index is 363. The molecule has 1 atom stereocenters. The summed E-state index contributed by atoms with van der Waals surface area (Å²) >= 11 is 1.97. The fourth-order valence-corrected chi connectivity index (χ4v) is 3.62. The van der Waals surface area contributed by atoms with Gasteiger partial charge in [-0.3, -0.25) is 0 Å². The van der Waals surface area contributed by atoms with Gasteiger partial charge in [0, 0.05) is 5.25 Å². The quantitative estimate of drug-likeness (QED) is 0.824. The average molecular weight is 283 g/mol. The summed E-state index contributed by atoms with van der Waals surface area (Å²) < 4.78 is 5.26. The summed E-state index contributed by atoms with van der Waals surface area (Å²) in [7, 11) is 0. The molecular weight excluding hydrogens is 258 g/mol. The van der Waals surface area contributed by atoms with Gasteiger partial charge in [0.25, 0.3) is 0 Å². The minimum atomic E-state index is -0.0964. The monoisotopic (exact) mass is 283 g/mol. The second kappa shape index (κ2) is 7.90. The van der Waals surface area contributed by atoms with Crippen molar-refractivity contribution in [2.75, 3.05) is 0 Å². The van der Waals surface area contributed by atoms with Crippen molar-refractivity contribution in [1.29, 1.82) is 0 Å². The second-order valence-corrected chi connectivity index (χ2v) is 6.66. The lowest BCUT2D eigenvalue weighted by molar-refractivity contribution is 0.343. The van der Waals surface area contributed by atoms with Gasteiger partial charge in [-0.15, -0.1) is 0 Å². The van der Waals surface area contributed by atoms with Crippen LogP contribution in [0, 0.1) is 0 Å². The fourth-order valence-electron chi connectivity index (χ4n) is 2.45. The maximum absolute atomic E-state index is 6.03. The first-order valence-electron chi connectivity index (χ1n) is 7.49. The molecule has 0 spiro atoms. The summed E-state index contributed by atoms with van der Waals surface area (Å²) in [6, 6.07) is -0.0964. The molecule has 2 rings (SSSR count). The van der Waals surface area contributed by atoms with Crippen LogP contribution >= 0.6 is 11.8 Å². The highest BCUT2D eigenvalue weighted by Gasteiger charge is 2.17. The minimum absolute atomic E-state index is 0.0964. The largest absolute Gasteiger partial charge is 0.338 e. The SMILES string of the molecule is CCCCC(N)c1nc(CSC2CCCCC2)no1. The summed E-state index contributed by atoms with van der Waals surface area (Å²) in [5.74, 6) is 2.26. The Labute approximate surface area is 119 Å². The molecule has 1 unspecified atom stereocenters. The first kappa shape index (κ1) is 14.9. The molecule has 1 saturated carbocycles. The maximum Gasteiger partial charge on any atom is 0.243 e. The Morgan fingerprint density at radius 3 is 2.89 bits per heavy atom. The van der Waals surface area contributed by atoms with E-state index in [0.717, 1.165) is 36.1 Å². The van der Waals surface area contributed by atoms with Crippen LogP contribution in [-0.2, 0) is 5.75 Å². The predicted octanol–water partition coefficient (Wildman–Crippen LogP) is 3.83. The van der Waals surface area contributed by atoms with Crippen molar-refractivity contribution in [3.8, 4) is 0 Å². The van der Waals surface area contributed by atoms with E-state index in [1.54, 1.807) is 0 Å². The molecule has 0 saturated heterocycles. The zero-order valence-electron chi connectivity index (χ0n) is 11.8. The van der Waals surface area contributed by atoms with E-state index in [2.05, 4.69) is 17.1 Å². The van der Waals surface area contributed by atoms with Gasteiger partial charge in [-0.2, -0.15) is 16.7 Å². The van der Waals surface area contributed by atoms with E-state index < -0.39 is 0 Å². The van der Waals surface area contributed by atoms with Crippen molar-refractivity contribution in [3.63, 3.8) is 0 Å². The third-order valence-electron chi connectivity index (χ3n) is 3.67. The topological polar surface area (TPSA) is 64.9 Å². The van der Waals surface area contributed by atoms with E-state index in [1.807, 2.05) is 11.8 Å². The van der Waals surface area contributed by atoms with Crippen molar-refractivity contribution >= 4 is 11.8 Å². The van der Waals surface area contributed by atoms with Crippen molar-refractivity contribution in [2.45, 2.75) is 75.3 Å². The van der Waals surface area contributed by atoms with Gasteiger partial charge in [-0.25, -0.2) is 0 Å². The molecule has 2 N–H and O–H groups in total. The van der Waals surface area contributed by atoms with Crippen molar-refractivity contribution in [3.05, 3.63) is 11.7 Å². The summed E-state index contributed by atoms with van der Waals surface area (Å²) in [4.78, 5) is 4.42. The zero-order valence-corrected chi connectivity index (χ0v) is 12.6. The minimum Gasteiger partial charge on any atom is -0.338 e. The van der Waals surface area contributed by atoms with Crippen LogP contribution in [0.25, 0.3) is 0 Å². The summed E-state index contributed by atoms with van der Waals surface area (Å²) in [5, 5.41) is 4.82. The number of hydrogen-bond acceptors (Lipinski definition) is 5. The summed E-state index contributed by atoms with van der Waals surface area (Å²) in [6.45, 7) is 2.16. The van der Waals surface area contributed by atoms with Gasteiger partial charge >= 0.3 is 0 Å². The van der Waals surface area contributed by atoms with Crippen LogP contribution in [0.1, 0.15) is 76.0 Å². The van der Waals surface area contributed by atoms with Gasteiger partial charge in [0.05, 0.1) is 11.8 Å². The zero-order chi connectivity index (χ0) is 13.5. The standard InChI is InChI=1S/C14H25N3OS/c1-2-3-9-12(15)14-16-13(17-18-14)10-19-11-7-5-4-6-8-11/h11-12H,2-10,15H2,1H3. The van der Waals surface area contributed by atoms with E-state index in [0.29, 0.717) is 5.89 Å². The normalized spacial score (nSPS) is 18.6. The number of nitrogens with two attached hydrogens (primary N) is 1. The molecule has 0 radical (unpaired) electrons. The van der Waals surface area contributed by atoms with Crippen molar-refractivity contribution in [2.24, 2.45) is 5.73 Å². The first-order chi connectivity index (χ1) is 9.29. The van der Waals surface area contributed by atoms with Crippen molar-refractivity contribution in [1.82, 2.24) is 10.1 Å². The molecule has 1 aromatic rings. The van der Waals surface area contributed by atoms with Crippen LogP contribution in [-0.4, -0.2) is 15.4 Å². The highest BCUT2D eigenvalue weighted by atomic mass is 32.2. The Balaban J connectivity index is 1.76. The fraction of sp³-hybridized carbons (Fsp3) is 0.857. The number of nitrogens with zero attached hydrogens (tertiary/aromatic N) is 2. The molecule has 108 valence electrons.